The molecule has 0 spiro atoms. The molecule has 0 unspecified atom stereocenters. The van der Waals surface area contributed by atoms with Crippen molar-refractivity contribution >= 4 is 42.9 Å². The highest BCUT2D eigenvalue weighted by atomic mass is 35.5. The number of hydrogen-bond donors (Lipinski definition) is 2. The van der Waals surface area contributed by atoms with Gasteiger partial charge in [0.25, 0.3) is 0 Å². The van der Waals surface area contributed by atoms with E-state index in [9.17, 15) is 8.42 Å². The smallest absolute Gasteiger partial charge is 0.220 e. The van der Waals surface area contributed by atoms with E-state index in [-0.39, 0.29) is 18.2 Å². The Morgan fingerprint density at radius 1 is 0.800 bits per heavy atom. The first-order valence-corrected chi connectivity index (χ1v) is 11.3. The first-order valence-electron chi connectivity index (χ1n) is 9.63. The zero-order valence-electron chi connectivity index (χ0n) is 16.9. The third kappa shape index (κ3) is 3.57. The molecule has 1 heterocycles. The number of nitrogens with zero attached hydrogens (tertiary/aromatic N) is 1. The Balaban J connectivity index is 0.00000256. The molecule has 0 amide bonds. The van der Waals surface area contributed by atoms with Crippen molar-refractivity contribution in [2.75, 3.05) is 17.2 Å². The lowest BCUT2D eigenvalue weighted by Crippen LogP contribution is -3.00. The lowest BCUT2D eigenvalue weighted by molar-refractivity contribution is -0.655. The molecule has 0 atom stereocenters. The Bertz CT molecular complexity index is 1350. The maximum atomic E-state index is 12.2. The quantitative estimate of drug-likeness (QED) is 0.280. The molecule has 0 bridgehead atoms. The summed E-state index contributed by atoms with van der Waals surface area (Å²) in [6, 6.07) is 18.9. The standard InChI is InChI=1S/C23H23N3O2S.ClH/c1-3-26-22-14-17(25)8-12-20(22)19-11-7-16(24)13-21(19)23(26)15-5-9-18(10-6-15)29(27,28)4-2;/h5-14,25H,3-4,24H2,1-2H3;1H. The molecule has 0 saturated carbocycles. The van der Waals surface area contributed by atoms with E-state index >= 15 is 0 Å². The van der Waals surface area contributed by atoms with Gasteiger partial charge in [-0.1, -0.05) is 13.0 Å². The number of nitrogen functional groups attached to an aromatic ring is 2. The maximum Gasteiger partial charge on any atom is 0.220 e. The number of halogens is 1. The van der Waals surface area contributed by atoms with Crippen molar-refractivity contribution in [3.05, 3.63) is 60.7 Å². The van der Waals surface area contributed by atoms with Gasteiger partial charge in [-0.05, 0) is 55.5 Å². The second-order valence-electron chi connectivity index (χ2n) is 7.10. The van der Waals surface area contributed by atoms with Gasteiger partial charge < -0.3 is 23.9 Å². The average Bonchev–Trinajstić information content (AvgIpc) is 2.72. The molecule has 4 rings (SSSR count). The highest BCUT2D eigenvalue weighted by molar-refractivity contribution is 7.91. The van der Waals surface area contributed by atoms with Crippen molar-refractivity contribution in [2.45, 2.75) is 25.3 Å². The number of nitrogens with two attached hydrogens (primary N) is 2. The molecular formula is C23H24ClN3O2S. The molecule has 4 aromatic rings. The lowest BCUT2D eigenvalue weighted by Gasteiger charge is -2.12. The van der Waals surface area contributed by atoms with E-state index in [0.717, 1.165) is 39.5 Å². The van der Waals surface area contributed by atoms with E-state index < -0.39 is 9.84 Å². The highest BCUT2D eigenvalue weighted by Crippen LogP contribution is 2.33. The summed E-state index contributed by atoms with van der Waals surface area (Å²) >= 11 is 0. The monoisotopic (exact) mass is 441 g/mol. The molecule has 0 radical (unpaired) electrons. The first-order chi connectivity index (χ1) is 13.9. The number of benzene rings is 3. The fraction of sp³-hybridized carbons (Fsp3) is 0.174. The Hall–Kier alpha value is -2.83. The number of pyridine rings is 1. The normalized spacial score (nSPS) is 11.5. The summed E-state index contributed by atoms with van der Waals surface area (Å²) in [5, 5.41) is 3.21. The number of sulfone groups is 1. The number of rotatable bonds is 4. The third-order valence-corrected chi connectivity index (χ3v) is 7.11. The number of fused-ring (bicyclic) bond motifs is 3. The van der Waals surface area contributed by atoms with Crippen LogP contribution in [0.5, 0.6) is 0 Å². The minimum Gasteiger partial charge on any atom is -1.00 e. The Labute approximate surface area is 182 Å². The molecule has 0 aliphatic heterocycles. The zero-order valence-corrected chi connectivity index (χ0v) is 18.5. The van der Waals surface area contributed by atoms with Gasteiger partial charge in [-0.25, -0.2) is 8.42 Å². The molecule has 5 nitrogen and oxygen atoms in total. The van der Waals surface area contributed by atoms with E-state index in [4.69, 9.17) is 11.5 Å². The van der Waals surface area contributed by atoms with Gasteiger partial charge in [-0.15, -0.1) is 0 Å². The Kier molecular flexibility index (Phi) is 5.92. The SMILES string of the molecule is CC[n+]1c(-c2ccc(S(=O)(=O)CC)cc2)c2cc(N)ccc2c2ccc(N)cc21.[Cl-]. The summed E-state index contributed by atoms with van der Waals surface area (Å²) in [7, 11) is -3.25. The first kappa shape index (κ1) is 21.9. The van der Waals surface area contributed by atoms with Gasteiger partial charge in [0.1, 0.15) is 6.54 Å². The summed E-state index contributed by atoms with van der Waals surface area (Å²) in [5.41, 5.74) is 16.5. The van der Waals surface area contributed by atoms with Crippen LogP contribution in [0.1, 0.15) is 13.8 Å². The molecule has 30 heavy (non-hydrogen) atoms. The van der Waals surface area contributed by atoms with Crippen molar-refractivity contribution in [2.24, 2.45) is 0 Å². The van der Waals surface area contributed by atoms with Gasteiger partial charge in [0.05, 0.1) is 21.4 Å². The van der Waals surface area contributed by atoms with Crippen molar-refractivity contribution in [3.8, 4) is 11.3 Å². The zero-order chi connectivity index (χ0) is 20.8. The van der Waals surface area contributed by atoms with Crippen LogP contribution in [0.15, 0.2) is 65.6 Å². The van der Waals surface area contributed by atoms with E-state index in [1.165, 1.54) is 0 Å². The molecule has 0 fully saturated rings. The van der Waals surface area contributed by atoms with Crippen molar-refractivity contribution in [1.29, 1.82) is 0 Å². The minimum absolute atomic E-state index is 0. The summed E-state index contributed by atoms with van der Waals surface area (Å²) in [6.07, 6.45) is 0. The molecular weight excluding hydrogens is 418 g/mol. The lowest BCUT2D eigenvalue weighted by atomic mass is 9.98. The second kappa shape index (κ2) is 8.13. The predicted molar refractivity (Wildman–Crippen MR) is 119 cm³/mol. The molecule has 7 heteroatoms. The largest absolute Gasteiger partial charge is 1.00 e. The summed E-state index contributed by atoms with van der Waals surface area (Å²) < 4.78 is 26.6. The molecule has 0 aliphatic rings. The molecule has 0 saturated heterocycles. The van der Waals surface area contributed by atoms with Crippen molar-refractivity contribution < 1.29 is 25.4 Å². The fourth-order valence-electron chi connectivity index (χ4n) is 3.88. The average molecular weight is 442 g/mol. The van der Waals surface area contributed by atoms with Crippen LogP contribution in [-0.4, -0.2) is 14.2 Å². The molecule has 0 aliphatic carbocycles. The topological polar surface area (TPSA) is 90.1 Å². The van der Waals surface area contributed by atoms with Gasteiger partial charge in [-0.2, -0.15) is 4.57 Å². The summed E-state index contributed by atoms with van der Waals surface area (Å²) in [4.78, 5) is 0.334. The van der Waals surface area contributed by atoms with Gasteiger partial charge in [0.2, 0.25) is 11.2 Å². The number of hydrogen-bond acceptors (Lipinski definition) is 4. The van der Waals surface area contributed by atoms with E-state index in [2.05, 4.69) is 11.5 Å². The van der Waals surface area contributed by atoms with Crippen LogP contribution >= 0.6 is 0 Å². The number of aromatic nitrogens is 1. The molecule has 1 aromatic heterocycles. The van der Waals surface area contributed by atoms with Crippen molar-refractivity contribution in [3.63, 3.8) is 0 Å². The number of anilines is 2. The third-order valence-electron chi connectivity index (χ3n) is 5.35. The van der Waals surface area contributed by atoms with Gasteiger partial charge in [-0.3, -0.25) is 0 Å². The van der Waals surface area contributed by atoms with Crippen LogP contribution < -0.4 is 28.4 Å². The van der Waals surface area contributed by atoms with Gasteiger partial charge >= 0.3 is 0 Å². The van der Waals surface area contributed by atoms with Gasteiger partial charge in [0, 0.05) is 28.4 Å². The van der Waals surface area contributed by atoms with Crippen LogP contribution in [0.25, 0.3) is 32.9 Å². The highest BCUT2D eigenvalue weighted by Gasteiger charge is 2.23. The van der Waals surface area contributed by atoms with E-state index in [0.29, 0.717) is 16.3 Å². The number of aryl methyl sites for hydroxylation is 1. The van der Waals surface area contributed by atoms with Gasteiger partial charge in [0.15, 0.2) is 9.84 Å². The summed E-state index contributed by atoms with van der Waals surface area (Å²) in [6.45, 7) is 4.47. The van der Waals surface area contributed by atoms with Crippen LogP contribution in [-0.2, 0) is 16.4 Å². The maximum absolute atomic E-state index is 12.2. The Morgan fingerprint density at radius 2 is 1.40 bits per heavy atom. The summed E-state index contributed by atoms with van der Waals surface area (Å²) in [5.74, 6) is 0.0794. The Morgan fingerprint density at radius 3 is 2.00 bits per heavy atom. The van der Waals surface area contributed by atoms with Crippen LogP contribution in [0, 0.1) is 0 Å². The molecule has 4 N–H and O–H groups in total. The van der Waals surface area contributed by atoms with E-state index in [1.807, 2.05) is 48.5 Å². The van der Waals surface area contributed by atoms with Crippen molar-refractivity contribution in [1.82, 2.24) is 0 Å². The van der Waals surface area contributed by atoms with E-state index in [1.54, 1.807) is 19.1 Å². The van der Waals surface area contributed by atoms with Crippen LogP contribution in [0.4, 0.5) is 11.4 Å². The second-order valence-corrected chi connectivity index (χ2v) is 9.38. The minimum atomic E-state index is -3.25. The predicted octanol–water partition coefficient (Wildman–Crippen LogP) is 0.929. The molecule has 3 aromatic carbocycles. The van der Waals surface area contributed by atoms with Crippen LogP contribution in [0.2, 0.25) is 0 Å². The van der Waals surface area contributed by atoms with Crippen LogP contribution in [0.3, 0.4) is 0 Å². The fourth-order valence-corrected chi connectivity index (χ4v) is 4.77. The molecule has 156 valence electrons.